The number of benzene rings is 2. The van der Waals surface area contributed by atoms with Crippen LogP contribution in [0.25, 0.3) is 0 Å². The Balaban J connectivity index is 1.36. The first-order valence-electron chi connectivity index (χ1n) is 11.1. The molecule has 1 atom stereocenters. The van der Waals surface area contributed by atoms with E-state index in [2.05, 4.69) is 4.74 Å². The van der Waals surface area contributed by atoms with Gasteiger partial charge in [0.05, 0.1) is 0 Å². The van der Waals surface area contributed by atoms with Crippen LogP contribution in [0.3, 0.4) is 0 Å². The number of piperidine rings is 1. The van der Waals surface area contributed by atoms with Gasteiger partial charge in [-0.3, -0.25) is 4.79 Å². The smallest absolute Gasteiger partial charge is 0.432 e. The molecule has 1 amide bonds. The van der Waals surface area contributed by atoms with E-state index in [-0.39, 0.29) is 38.5 Å². The molecule has 2 aromatic rings. The molecular formula is C24H22F3NO7. The summed E-state index contributed by atoms with van der Waals surface area (Å²) in [5, 5.41) is 0. The molecule has 1 saturated heterocycles. The van der Waals surface area contributed by atoms with Crippen molar-refractivity contribution in [3.8, 4) is 23.0 Å². The monoisotopic (exact) mass is 493 g/mol. The molecule has 1 unspecified atom stereocenters. The van der Waals surface area contributed by atoms with Gasteiger partial charge in [0.1, 0.15) is 0 Å². The van der Waals surface area contributed by atoms with Crippen molar-refractivity contribution in [2.24, 2.45) is 5.92 Å². The molecule has 11 heteroatoms. The first-order valence-corrected chi connectivity index (χ1v) is 11.1. The molecule has 3 aliphatic heterocycles. The summed E-state index contributed by atoms with van der Waals surface area (Å²) < 4.78 is 64.8. The Kier molecular flexibility index (Phi) is 6.08. The summed E-state index contributed by atoms with van der Waals surface area (Å²) in [7, 11) is 0. The summed E-state index contributed by atoms with van der Waals surface area (Å²) in [6.07, 6.45) is -8.26. The van der Waals surface area contributed by atoms with Gasteiger partial charge in [0.15, 0.2) is 29.3 Å². The summed E-state index contributed by atoms with van der Waals surface area (Å²) in [5.41, 5.74) is 1.96. The van der Waals surface area contributed by atoms with E-state index in [1.54, 1.807) is 0 Å². The molecule has 0 aromatic heterocycles. The lowest BCUT2D eigenvalue weighted by molar-refractivity contribution is -0.199. The predicted octanol–water partition coefficient (Wildman–Crippen LogP) is 4.25. The minimum absolute atomic E-state index is 0.0595. The maximum Gasteiger partial charge on any atom is 0.432 e. The third-order valence-electron chi connectivity index (χ3n) is 6.45. The van der Waals surface area contributed by atoms with E-state index < -0.39 is 24.7 Å². The number of ether oxygens (including phenoxy) is 5. The lowest BCUT2D eigenvalue weighted by Gasteiger charge is -2.36. The fourth-order valence-electron chi connectivity index (χ4n) is 4.72. The normalized spacial score (nSPS) is 18.0. The summed E-state index contributed by atoms with van der Waals surface area (Å²) in [6.45, 7) is 0.679. The summed E-state index contributed by atoms with van der Waals surface area (Å²) in [5.74, 6) is 2.55. The average Bonchev–Trinajstić information content (AvgIpc) is 3.51. The van der Waals surface area contributed by atoms with E-state index >= 15 is 0 Å². The van der Waals surface area contributed by atoms with E-state index in [0.29, 0.717) is 35.8 Å². The van der Waals surface area contributed by atoms with Crippen LogP contribution in [0.2, 0.25) is 0 Å². The van der Waals surface area contributed by atoms with Crippen LogP contribution >= 0.6 is 0 Å². The minimum Gasteiger partial charge on any atom is -0.454 e. The van der Waals surface area contributed by atoms with Crippen LogP contribution in [0, 0.1) is 5.92 Å². The van der Waals surface area contributed by atoms with Crippen molar-refractivity contribution in [1.82, 2.24) is 4.90 Å². The lowest BCUT2D eigenvalue weighted by atomic mass is 9.76. The van der Waals surface area contributed by atoms with Gasteiger partial charge in [-0.15, -0.1) is 0 Å². The van der Waals surface area contributed by atoms with Crippen molar-refractivity contribution < 1.29 is 46.4 Å². The largest absolute Gasteiger partial charge is 0.454 e. The fourth-order valence-corrected chi connectivity index (χ4v) is 4.72. The molecule has 0 spiro atoms. The van der Waals surface area contributed by atoms with Gasteiger partial charge in [0, 0.05) is 19.0 Å². The van der Waals surface area contributed by atoms with Gasteiger partial charge in [0.25, 0.3) is 6.10 Å². The van der Waals surface area contributed by atoms with Gasteiger partial charge in [-0.25, -0.2) is 4.79 Å². The number of carbonyl (C=O) groups is 2. The van der Waals surface area contributed by atoms with Gasteiger partial charge in [-0.1, -0.05) is 12.1 Å². The highest BCUT2D eigenvalue weighted by Gasteiger charge is 2.44. The van der Waals surface area contributed by atoms with Crippen LogP contribution in [0.1, 0.15) is 29.9 Å². The third kappa shape index (κ3) is 4.67. The number of fused-ring (bicyclic) bond motifs is 2. The maximum atomic E-state index is 12.8. The van der Waals surface area contributed by atoms with E-state index in [1.165, 1.54) is 4.90 Å². The van der Waals surface area contributed by atoms with E-state index in [4.69, 9.17) is 18.9 Å². The topological polar surface area (TPSA) is 83.5 Å². The number of aldehydes is 1. The number of carbonyl (C=O) groups excluding carboxylic acids is 2. The molecule has 3 aliphatic rings. The number of likely N-dealkylation sites (tertiary alicyclic amines) is 1. The van der Waals surface area contributed by atoms with Crippen molar-refractivity contribution in [1.29, 1.82) is 0 Å². The highest BCUT2D eigenvalue weighted by atomic mass is 19.4. The zero-order chi connectivity index (χ0) is 24.6. The summed E-state index contributed by atoms with van der Waals surface area (Å²) >= 11 is 0. The average molecular weight is 493 g/mol. The van der Waals surface area contributed by atoms with Gasteiger partial charge >= 0.3 is 12.3 Å². The molecule has 0 N–H and O–H groups in total. The van der Waals surface area contributed by atoms with Crippen molar-refractivity contribution in [3.63, 3.8) is 0 Å². The van der Waals surface area contributed by atoms with Crippen molar-refractivity contribution in [2.75, 3.05) is 26.7 Å². The van der Waals surface area contributed by atoms with Crippen molar-refractivity contribution in [3.05, 3.63) is 47.5 Å². The Labute approximate surface area is 198 Å². The van der Waals surface area contributed by atoms with Crippen LogP contribution in [0.5, 0.6) is 23.0 Å². The Bertz CT molecular complexity index is 1060. The number of rotatable bonds is 5. The fraction of sp³-hybridized carbons (Fsp3) is 0.417. The lowest BCUT2D eigenvalue weighted by Crippen LogP contribution is -2.44. The number of amides is 1. The highest BCUT2D eigenvalue weighted by molar-refractivity contribution is 5.71. The predicted molar refractivity (Wildman–Crippen MR) is 114 cm³/mol. The number of nitrogens with zero attached hydrogens (tertiary/aromatic N) is 1. The molecule has 0 saturated carbocycles. The van der Waals surface area contributed by atoms with Gasteiger partial charge < -0.3 is 28.6 Å². The number of halogens is 3. The van der Waals surface area contributed by atoms with E-state index in [0.717, 1.165) is 11.1 Å². The Hall–Kier alpha value is -3.63. The zero-order valence-corrected chi connectivity index (χ0v) is 18.5. The molecule has 0 radical (unpaired) electrons. The van der Waals surface area contributed by atoms with Crippen LogP contribution in [-0.2, 0) is 9.53 Å². The van der Waals surface area contributed by atoms with Crippen LogP contribution in [0.15, 0.2) is 36.4 Å². The van der Waals surface area contributed by atoms with Crippen LogP contribution in [-0.4, -0.2) is 56.2 Å². The first-order chi connectivity index (χ1) is 16.8. The molecule has 2 aromatic carbocycles. The molecule has 0 aliphatic carbocycles. The highest BCUT2D eigenvalue weighted by Crippen LogP contribution is 2.44. The van der Waals surface area contributed by atoms with Crippen molar-refractivity contribution in [2.45, 2.75) is 31.0 Å². The Morgan fingerprint density at radius 1 is 0.914 bits per heavy atom. The molecule has 186 valence electrons. The molecule has 8 nitrogen and oxygen atoms in total. The Morgan fingerprint density at radius 2 is 1.43 bits per heavy atom. The molecular weight excluding hydrogens is 471 g/mol. The van der Waals surface area contributed by atoms with E-state index in [9.17, 15) is 22.8 Å². The van der Waals surface area contributed by atoms with Gasteiger partial charge in [-0.05, 0) is 54.2 Å². The second kappa shape index (κ2) is 9.20. The second-order valence-electron chi connectivity index (χ2n) is 8.51. The van der Waals surface area contributed by atoms with Crippen LogP contribution in [0.4, 0.5) is 18.0 Å². The van der Waals surface area contributed by atoms with Crippen LogP contribution < -0.4 is 18.9 Å². The van der Waals surface area contributed by atoms with Gasteiger partial charge in [-0.2, -0.15) is 13.2 Å². The molecule has 5 rings (SSSR count). The SMILES string of the molecule is O=CC(OC(=O)N1CCC(C(c2ccc3c(c2)OCO3)c2ccc3c(c2)OCO3)CC1)C(F)(F)F. The number of hydrogen-bond donors (Lipinski definition) is 0. The molecule has 35 heavy (non-hydrogen) atoms. The maximum absolute atomic E-state index is 12.8. The standard InChI is InChI=1S/C24H22F3NO7/c25-24(26,27)21(11-29)35-23(30)28-7-5-14(6-8-28)22(15-1-3-17-19(9-15)33-12-31-17)16-2-4-18-20(10-16)34-13-32-18/h1-4,9-11,14,21-22H,5-8,12-13H2. The first kappa shape index (κ1) is 23.1. The zero-order valence-electron chi connectivity index (χ0n) is 18.5. The minimum atomic E-state index is -4.94. The van der Waals surface area contributed by atoms with Gasteiger partial charge in [0.2, 0.25) is 13.6 Å². The molecule has 0 bridgehead atoms. The molecule has 1 fully saturated rings. The molecule has 3 heterocycles. The Morgan fingerprint density at radius 3 is 1.91 bits per heavy atom. The number of hydrogen-bond acceptors (Lipinski definition) is 7. The summed E-state index contributed by atoms with van der Waals surface area (Å²) in [6, 6.07) is 11.5. The van der Waals surface area contributed by atoms with Crippen molar-refractivity contribution >= 4 is 12.4 Å². The third-order valence-corrected chi connectivity index (χ3v) is 6.45. The quantitative estimate of drug-likeness (QED) is 0.576. The second-order valence-corrected chi connectivity index (χ2v) is 8.51. The summed E-state index contributed by atoms with van der Waals surface area (Å²) in [4.78, 5) is 24.2. The van der Waals surface area contributed by atoms with E-state index in [1.807, 2.05) is 36.4 Å². The number of alkyl halides is 3.